The Hall–Kier alpha value is -0.190. The van der Waals surface area contributed by atoms with Crippen LogP contribution in [0.5, 0.6) is 5.75 Å². The summed E-state index contributed by atoms with van der Waals surface area (Å²) in [5, 5.41) is 13.8. The molecule has 2 N–H and O–H groups in total. The molecule has 0 heterocycles. The molecule has 0 amide bonds. The normalized spacial score (nSPS) is 19.1. The first kappa shape index (κ1) is 16.2. The smallest absolute Gasteiger partial charge is 0.120 e. The molecule has 1 atom stereocenters. The number of halogens is 1. The third-order valence-corrected chi connectivity index (χ3v) is 6.30. The molecule has 1 saturated carbocycles. The Morgan fingerprint density at radius 1 is 1.40 bits per heavy atom. The van der Waals surface area contributed by atoms with Gasteiger partial charge in [0.1, 0.15) is 5.75 Å². The number of hydrogen-bond acceptors (Lipinski definition) is 3. The lowest BCUT2D eigenvalue weighted by Crippen LogP contribution is -2.37. The van der Waals surface area contributed by atoms with Crippen molar-refractivity contribution in [3.8, 4) is 5.75 Å². The SMILES string of the molecule is CCC(NCC1(SC)CCCC1)c1cc(Br)ccc1O. The Bertz CT molecular complexity index is 446. The number of aromatic hydroxyl groups is 1. The standard InChI is InChI=1S/C16H24BrNOS/c1-3-14(13-10-12(17)6-7-15(13)19)18-11-16(20-2)8-4-5-9-16/h6-7,10,14,18-19H,3-5,8-9,11H2,1-2H3. The van der Waals surface area contributed by atoms with E-state index < -0.39 is 0 Å². The zero-order valence-corrected chi connectivity index (χ0v) is 14.7. The highest BCUT2D eigenvalue weighted by atomic mass is 79.9. The minimum Gasteiger partial charge on any atom is -0.508 e. The van der Waals surface area contributed by atoms with Crippen LogP contribution >= 0.6 is 27.7 Å². The molecule has 1 aromatic rings. The van der Waals surface area contributed by atoms with Gasteiger partial charge in [0.25, 0.3) is 0 Å². The Morgan fingerprint density at radius 2 is 2.10 bits per heavy atom. The third kappa shape index (κ3) is 3.71. The van der Waals surface area contributed by atoms with E-state index >= 15 is 0 Å². The van der Waals surface area contributed by atoms with Crippen molar-refractivity contribution in [1.29, 1.82) is 0 Å². The molecule has 1 aromatic carbocycles. The summed E-state index contributed by atoms with van der Waals surface area (Å²) in [7, 11) is 0. The van der Waals surface area contributed by atoms with Gasteiger partial charge in [0.15, 0.2) is 0 Å². The number of phenols is 1. The van der Waals surface area contributed by atoms with E-state index in [0.717, 1.165) is 23.0 Å². The number of thioether (sulfide) groups is 1. The summed E-state index contributed by atoms with van der Waals surface area (Å²) in [6, 6.07) is 5.89. The average molecular weight is 358 g/mol. The quantitative estimate of drug-likeness (QED) is 0.761. The van der Waals surface area contributed by atoms with E-state index in [4.69, 9.17) is 0 Å². The first-order valence-corrected chi connectivity index (χ1v) is 9.39. The molecule has 0 radical (unpaired) electrons. The lowest BCUT2D eigenvalue weighted by molar-refractivity contribution is 0.424. The molecule has 0 spiro atoms. The van der Waals surface area contributed by atoms with Crippen molar-refractivity contribution in [2.24, 2.45) is 0 Å². The molecule has 2 rings (SSSR count). The lowest BCUT2D eigenvalue weighted by atomic mass is 10.0. The van der Waals surface area contributed by atoms with Crippen LogP contribution in [0.25, 0.3) is 0 Å². The zero-order chi connectivity index (χ0) is 14.6. The molecular weight excluding hydrogens is 334 g/mol. The highest BCUT2D eigenvalue weighted by molar-refractivity contribution is 9.10. The van der Waals surface area contributed by atoms with Crippen molar-refractivity contribution in [3.63, 3.8) is 0 Å². The Morgan fingerprint density at radius 3 is 2.70 bits per heavy atom. The summed E-state index contributed by atoms with van der Waals surface area (Å²) < 4.78 is 1.42. The van der Waals surface area contributed by atoms with Gasteiger partial charge in [-0.3, -0.25) is 0 Å². The second kappa shape index (κ2) is 7.19. The molecule has 1 fully saturated rings. The van der Waals surface area contributed by atoms with E-state index in [-0.39, 0.29) is 6.04 Å². The summed E-state index contributed by atoms with van der Waals surface area (Å²) in [6.45, 7) is 3.19. The summed E-state index contributed by atoms with van der Waals surface area (Å²) >= 11 is 5.49. The van der Waals surface area contributed by atoms with Crippen LogP contribution in [0, 0.1) is 0 Å². The molecular formula is C16H24BrNOS. The van der Waals surface area contributed by atoms with E-state index in [1.807, 2.05) is 23.9 Å². The predicted octanol–water partition coefficient (Wildman–Crippen LogP) is 4.87. The van der Waals surface area contributed by atoms with Crippen molar-refractivity contribution in [1.82, 2.24) is 5.32 Å². The molecule has 0 saturated heterocycles. The van der Waals surface area contributed by atoms with E-state index in [2.05, 4.69) is 34.4 Å². The minimum atomic E-state index is 0.220. The van der Waals surface area contributed by atoms with Crippen LogP contribution in [-0.2, 0) is 0 Å². The second-order valence-corrected chi connectivity index (χ2v) is 7.83. The largest absolute Gasteiger partial charge is 0.508 e. The van der Waals surface area contributed by atoms with Gasteiger partial charge in [-0.2, -0.15) is 11.8 Å². The van der Waals surface area contributed by atoms with Gasteiger partial charge in [0.2, 0.25) is 0 Å². The van der Waals surface area contributed by atoms with Crippen molar-refractivity contribution in [3.05, 3.63) is 28.2 Å². The van der Waals surface area contributed by atoms with Gasteiger partial charge in [-0.05, 0) is 43.7 Å². The molecule has 4 heteroatoms. The predicted molar refractivity (Wildman–Crippen MR) is 91.6 cm³/mol. The number of rotatable bonds is 6. The first-order valence-electron chi connectivity index (χ1n) is 7.37. The van der Waals surface area contributed by atoms with E-state index in [1.54, 1.807) is 6.07 Å². The van der Waals surface area contributed by atoms with Gasteiger partial charge < -0.3 is 10.4 Å². The van der Waals surface area contributed by atoms with Gasteiger partial charge in [0, 0.05) is 27.4 Å². The molecule has 0 aromatic heterocycles. The third-order valence-electron chi connectivity index (χ3n) is 4.39. The number of hydrogen-bond donors (Lipinski definition) is 2. The van der Waals surface area contributed by atoms with Crippen LogP contribution in [0.2, 0.25) is 0 Å². The molecule has 0 aliphatic heterocycles. The maximum absolute atomic E-state index is 10.1. The van der Waals surface area contributed by atoms with Crippen molar-refractivity contribution in [2.75, 3.05) is 12.8 Å². The number of phenolic OH excluding ortho intramolecular Hbond substituents is 1. The molecule has 112 valence electrons. The molecule has 1 aliphatic rings. The van der Waals surface area contributed by atoms with Crippen molar-refractivity contribution < 1.29 is 5.11 Å². The molecule has 2 nitrogen and oxygen atoms in total. The van der Waals surface area contributed by atoms with Crippen molar-refractivity contribution >= 4 is 27.7 Å². The van der Waals surface area contributed by atoms with E-state index in [9.17, 15) is 5.11 Å². The first-order chi connectivity index (χ1) is 9.60. The average Bonchev–Trinajstić information content (AvgIpc) is 2.92. The molecule has 0 bridgehead atoms. The van der Waals surface area contributed by atoms with Crippen LogP contribution in [0.3, 0.4) is 0 Å². The summed E-state index contributed by atoms with van der Waals surface area (Å²) in [6.07, 6.45) is 8.52. The van der Waals surface area contributed by atoms with Gasteiger partial charge in [-0.1, -0.05) is 35.7 Å². The fourth-order valence-electron chi connectivity index (χ4n) is 3.06. The van der Waals surface area contributed by atoms with Crippen LogP contribution in [0.15, 0.2) is 22.7 Å². The Labute approximate surface area is 134 Å². The summed E-state index contributed by atoms with van der Waals surface area (Å²) in [5.74, 6) is 0.386. The molecule has 1 aliphatic carbocycles. The Kier molecular flexibility index (Phi) is 5.82. The maximum atomic E-state index is 10.1. The number of benzene rings is 1. The van der Waals surface area contributed by atoms with E-state index in [0.29, 0.717) is 10.5 Å². The zero-order valence-electron chi connectivity index (χ0n) is 12.3. The monoisotopic (exact) mass is 357 g/mol. The van der Waals surface area contributed by atoms with Crippen LogP contribution < -0.4 is 5.32 Å². The van der Waals surface area contributed by atoms with Gasteiger partial charge >= 0.3 is 0 Å². The molecule has 1 unspecified atom stereocenters. The van der Waals surface area contributed by atoms with Crippen LogP contribution in [0.1, 0.15) is 50.6 Å². The minimum absolute atomic E-state index is 0.220. The van der Waals surface area contributed by atoms with Crippen molar-refractivity contribution in [2.45, 2.75) is 49.8 Å². The molecule has 20 heavy (non-hydrogen) atoms. The fraction of sp³-hybridized carbons (Fsp3) is 0.625. The fourth-order valence-corrected chi connectivity index (χ4v) is 4.36. The van der Waals surface area contributed by atoms with Gasteiger partial charge in [0.05, 0.1) is 0 Å². The van der Waals surface area contributed by atoms with Crippen LogP contribution in [0.4, 0.5) is 0 Å². The van der Waals surface area contributed by atoms with Gasteiger partial charge in [-0.15, -0.1) is 0 Å². The number of nitrogens with one attached hydrogen (secondary N) is 1. The lowest BCUT2D eigenvalue weighted by Gasteiger charge is -2.30. The summed E-state index contributed by atoms with van der Waals surface area (Å²) in [4.78, 5) is 0. The van der Waals surface area contributed by atoms with Crippen LogP contribution in [-0.4, -0.2) is 22.7 Å². The second-order valence-electron chi connectivity index (χ2n) is 5.64. The Balaban J connectivity index is 2.07. The van der Waals surface area contributed by atoms with Gasteiger partial charge in [-0.25, -0.2) is 0 Å². The highest BCUT2D eigenvalue weighted by Crippen LogP contribution is 2.40. The summed E-state index contributed by atoms with van der Waals surface area (Å²) in [5.41, 5.74) is 0.996. The highest BCUT2D eigenvalue weighted by Gasteiger charge is 2.33. The topological polar surface area (TPSA) is 32.3 Å². The maximum Gasteiger partial charge on any atom is 0.120 e. The van der Waals surface area contributed by atoms with E-state index in [1.165, 1.54) is 25.7 Å².